The van der Waals surface area contributed by atoms with Crippen LogP contribution >= 0.6 is 11.6 Å². The van der Waals surface area contributed by atoms with Gasteiger partial charge < -0.3 is 14.5 Å². The van der Waals surface area contributed by atoms with Gasteiger partial charge in [-0.05, 0) is 18.2 Å². The Bertz CT molecular complexity index is 604. The van der Waals surface area contributed by atoms with Crippen molar-refractivity contribution in [1.29, 1.82) is 0 Å². The molecule has 0 spiro atoms. The maximum atomic E-state index is 13.3. The second kappa shape index (κ2) is 6.27. The second-order valence-electron chi connectivity index (χ2n) is 3.73. The fourth-order valence-corrected chi connectivity index (χ4v) is 1.76. The smallest absolute Gasteiger partial charge is 0.333 e. The van der Waals surface area contributed by atoms with Gasteiger partial charge in [0, 0.05) is 6.07 Å². The van der Waals surface area contributed by atoms with Gasteiger partial charge in [-0.3, -0.25) is 5.43 Å². The molecule has 20 heavy (non-hydrogen) atoms. The molecule has 6 nitrogen and oxygen atoms in total. The predicted molar refractivity (Wildman–Crippen MR) is 70.8 cm³/mol. The molecule has 0 unspecified atom stereocenters. The lowest BCUT2D eigenvalue weighted by Crippen LogP contribution is -2.34. The molecule has 1 heterocycles. The average molecular weight is 300 g/mol. The van der Waals surface area contributed by atoms with Gasteiger partial charge in [-0.1, -0.05) is 11.6 Å². The molecule has 1 aromatic carbocycles. The van der Waals surface area contributed by atoms with Gasteiger partial charge in [-0.25, -0.2) is 15.0 Å². The number of anilines is 1. The third-order valence-electron chi connectivity index (χ3n) is 2.33. The molecule has 2 aromatic rings. The van der Waals surface area contributed by atoms with Crippen molar-refractivity contribution in [2.45, 2.75) is 6.61 Å². The van der Waals surface area contributed by atoms with E-state index in [0.29, 0.717) is 5.76 Å². The molecule has 2 rings (SSSR count). The molecule has 0 aliphatic carbocycles. The van der Waals surface area contributed by atoms with Crippen LogP contribution in [0.5, 0.6) is 5.75 Å². The summed E-state index contributed by atoms with van der Waals surface area (Å²) in [5.41, 5.74) is 1.92. The molecule has 8 heteroatoms. The van der Waals surface area contributed by atoms with E-state index < -0.39 is 11.8 Å². The van der Waals surface area contributed by atoms with Gasteiger partial charge in [0.2, 0.25) is 0 Å². The molecular weight excluding hydrogens is 289 g/mol. The number of nitrogens with two attached hydrogens (primary N) is 1. The Kier molecular flexibility index (Phi) is 4.44. The number of benzene rings is 1. The molecule has 0 saturated carbocycles. The molecule has 1 aromatic heterocycles. The van der Waals surface area contributed by atoms with Crippen LogP contribution in [0.15, 0.2) is 34.9 Å². The number of ether oxygens (including phenoxy) is 1. The van der Waals surface area contributed by atoms with Crippen molar-refractivity contribution in [2.75, 3.05) is 5.32 Å². The number of halogens is 2. The van der Waals surface area contributed by atoms with E-state index >= 15 is 0 Å². The van der Waals surface area contributed by atoms with Crippen LogP contribution in [-0.4, -0.2) is 6.03 Å². The number of carbonyl (C=O) groups excluding carboxylic acids is 1. The van der Waals surface area contributed by atoms with Crippen LogP contribution in [0.25, 0.3) is 0 Å². The molecule has 0 aliphatic rings. The molecule has 0 radical (unpaired) electrons. The van der Waals surface area contributed by atoms with Crippen molar-refractivity contribution in [3.63, 3.8) is 0 Å². The summed E-state index contributed by atoms with van der Waals surface area (Å²) in [6.45, 7) is 0.0806. The van der Waals surface area contributed by atoms with E-state index in [2.05, 4.69) is 5.32 Å². The lowest BCUT2D eigenvalue weighted by atomic mass is 10.2. The van der Waals surface area contributed by atoms with E-state index in [0.717, 1.165) is 12.1 Å². The Morgan fingerprint density at radius 2 is 2.30 bits per heavy atom. The molecule has 0 atom stereocenters. The van der Waals surface area contributed by atoms with Crippen LogP contribution in [0.3, 0.4) is 0 Å². The lowest BCUT2D eigenvalue weighted by molar-refractivity contribution is 0.251. The third-order valence-corrected chi connectivity index (χ3v) is 2.61. The Morgan fingerprint density at radius 1 is 1.50 bits per heavy atom. The highest BCUT2D eigenvalue weighted by Gasteiger charge is 2.14. The van der Waals surface area contributed by atoms with Gasteiger partial charge >= 0.3 is 6.03 Å². The van der Waals surface area contributed by atoms with Gasteiger partial charge in [0.1, 0.15) is 18.2 Å². The molecule has 106 valence electrons. The molecule has 0 aliphatic heterocycles. The van der Waals surface area contributed by atoms with Crippen molar-refractivity contribution in [1.82, 2.24) is 5.43 Å². The summed E-state index contributed by atoms with van der Waals surface area (Å²) in [7, 11) is 0. The highest BCUT2D eigenvalue weighted by atomic mass is 35.5. The standard InChI is InChI=1S/C12H11ClFN3O3/c13-9-4-7(14)5-10(16-12(18)17-15)11(9)20-6-8-2-1-3-19-8/h1-5H,6,15H2,(H2,16,17,18). The Balaban J connectivity index is 2.22. The SMILES string of the molecule is NNC(=O)Nc1cc(F)cc(Cl)c1OCc1ccco1. The Morgan fingerprint density at radius 3 is 2.95 bits per heavy atom. The quantitative estimate of drug-likeness (QED) is 0.460. The summed E-state index contributed by atoms with van der Waals surface area (Å²) >= 11 is 5.90. The molecule has 2 amide bonds. The fraction of sp³-hybridized carbons (Fsp3) is 0.0833. The first-order valence-corrected chi connectivity index (χ1v) is 5.89. The largest absolute Gasteiger partial charge is 0.482 e. The van der Waals surface area contributed by atoms with Gasteiger partial charge in [-0.15, -0.1) is 0 Å². The minimum Gasteiger partial charge on any atom is -0.482 e. The van der Waals surface area contributed by atoms with Crippen LogP contribution in [0.4, 0.5) is 14.9 Å². The Hall–Kier alpha value is -2.25. The molecule has 0 fully saturated rings. The minimum atomic E-state index is -0.727. The maximum Gasteiger partial charge on any atom is 0.333 e. The zero-order valence-electron chi connectivity index (χ0n) is 10.2. The van der Waals surface area contributed by atoms with E-state index in [-0.39, 0.29) is 23.1 Å². The van der Waals surface area contributed by atoms with E-state index in [1.807, 2.05) is 5.43 Å². The van der Waals surface area contributed by atoms with Crippen molar-refractivity contribution < 1.29 is 18.3 Å². The highest BCUT2D eigenvalue weighted by Crippen LogP contribution is 2.34. The first kappa shape index (κ1) is 14.2. The van der Waals surface area contributed by atoms with Gasteiger partial charge in [0.15, 0.2) is 5.75 Å². The van der Waals surface area contributed by atoms with Crippen LogP contribution in [0.2, 0.25) is 5.02 Å². The number of amides is 2. The van der Waals surface area contributed by atoms with Crippen LogP contribution in [0.1, 0.15) is 5.76 Å². The molecule has 0 bridgehead atoms. The monoisotopic (exact) mass is 299 g/mol. The zero-order valence-corrected chi connectivity index (χ0v) is 10.9. The van der Waals surface area contributed by atoms with E-state index in [9.17, 15) is 9.18 Å². The summed E-state index contributed by atoms with van der Waals surface area (Å²) in [5, 5.41) is 2.33. The lowest BCUT2D eigenvalue weighted by Gasteiger charge is -2.13. The number of urea groups is 1. The van der Waals surface area contributed by atoms with Crippen molar-refractivity contribution in [3.8, 4) is 5.75 Å². The molecule has 4 N–H and O–H groups in total. The van der Waals surface area contributed by atoms with Crippen molar-refractivity contribution in [2.24, 2.45) is 5.84 Å². The van der Waals surface area contributed by atoms with Crippen molar-refractivity contribution in [3.05, 3.63) is 47.1 Å². The number of furan rings is 1. The summed E-state index contributed by atoms with van der Waals surface area (Å²) < 4.78 is 23.9. The number of carbonyl (C=O) groups is 1. The fourth-order valence-electron chi connectivity index (χ4n) is 1.50. The number of rotatable bonds is 4. The van der Waals surface area contributed by atoms with E-state index in [1.165, 1.54) is 6.26 Å². The number of nitrogens with one attached hydrogen (secondary N) is 2. The first-order chi connectivity index (χ1) is 9.60. The Labute approximate surface area is 118 Å². The summed E-state index contributed by atoms with van der Waals surface area (Å²) in [6, 6.07) is 4.82. The zero-order chi connectivity index (χ0) is 14.5. The second-order valence-corrected chi connectivity index (χ2v) is 4.14. The normalized spacial score (nSPS) is 10.2. The van der Waals surface area contributed by atoms with Crippen LogP contribution < -0.4 is 21.3 Å². The van der Waals surface area contributed by atoms with Gasteiger partial charge in [0.25, 0.3) is 0 Å². The van der Waals surface area contributed by atoms with E-state index in [1.54, 1.807) is 12.1 Å². The van der Waals surface area contributed by atoms with E-state index in [4.69, 9.17) is 26.6 Å². The first-order valence-electron chi connectivity index (χ1n) is 5.52. The number of hydrogen-bond acceptors (Lipinski definition) is 4. The highest BCUT2D eigenvalue weighted by molar-refractivity contribution is 6.32. The molecular formula is C12H11ClFN3O3. The predicted octanol–water partition coefficient (Wildman–Crippen LogP) is 2.65. The maximum absolute atomic E-state index is 13.3. The average Bonchev–Trinajstić information content (AvgIpc) is 2.90. The van der Waals surface area contributed by atoms with Gasteiger partial charge in [-0.2, -0.15) is 0 Å². The van der Waals surface area contributed by atoms with Crippen LogP contribution in [0, 0.1) is 5.82 Å². The van der Waals surface area contributed by atoms with Gasteiger partial charge in [0.05, 0.1) is 17.0 Å². The summed E-state index contributed by atoms with van der Waals surface area (Å²) in [5.74, 6) is 5.01. The third kappa shape index (κ3) is 3.40. The summed E-state index contributed by atoms with van der Waals surface area (Å²) in [4.78, 5) is 11.2. The topological polar surface area (TPSA) is 89.5 Å². The minimum absolute atomic E-state index is 0.0175. The number of hydrazine groups is 1. The van der Waals surface area contributed by atoms with Crippen LogP contribution in [-0.2, 0) is 6.61 Å². The molecule has 0 saturated heterocycles. The van der Waals surface area contributed by atoms with Crippen molar-refractivity contribution >= 4 is 23.3 Å². The number of hydrogen-bond donors (Lipinski definition) is 3. The summed E-state index contributed by atoms with van der Waals surface area (Å²) in [6.07, 6.45) is 1.49.